The maximum Gasteiger partial charge on any atom is 0.288 e. The molecule has 0 fully saturated rings. The molecule has 1 aromatic rings. The Labute approximate surface area is 109 Å². The third kappa shape index (κ3) is 4.62. The fourth-order valence-electron chi connectivity index (χ4n) is 1.28. The Balaban J connectivity index is 2.72. The highest BCUT2D eigenvalue weighted by atomic mass is 32.2. The number of carbonyl (C=O) groups excluding carboxylic acids is 1. The third-order valence-electron chi connectivity index (χ3n) is 2.27. The zero-order valence-corrected chi connectivity index (χ0v) is 10.7. The first-order chi connectivity index (χ1) is 8.54. The average Bonchev–Trinajstić information content (AvgIpc) is 2.35. The van der Waals surface area contributed by atoms with Gasteiger partial charge in [0.2, 0.25) is 0 Å². The highest BCUT2D eigenvalue weighted by molar-refractivity contribution is 7.99. The SMILES string of the molecule is CC(CO)CNC(=O)c1ccccc1SC(F)F. The number of alkyl halides is 2. The Morgan fingerprint density at radius 1 is 1.44 bits per heavy atom. The number of aliphatic hydroxyl groups is 1. The molecule has 1 aromatic carbocycles. The number of thioether (sulfide) groups is 1. The van der Waals surface area contributed by atoms with E-state index in [2.05, 4.69) is 5.32 Å². The first-order valence-corrected chi connectivity index (χ1v) is 6.35. The first-order valence-electron chi connectivity index (χ1n) is 5.47. The van der Waals surface area contributed by atoms with Crippen molar-refractivity contribution in [3.63, 3.8) is 0 Å². The summed E-state index contributed by atoms with van der Waals surface area (Å²) in [6.45, 7) is 2.05. The Hall–Kier alpha value is -1.14. The second-order valence-corrected chi connectivity index (χ2v) is 4.90. The summed E-state index contributed by atoms with van der Waals surface area (Å²) in [6.07, 6.45) is 0. The van der Waals surface area contributed by atoms with Crippen molar-refractivity contribution >= 4 is 17.7 Å². The summed E-state index contributed by atoms with van der Waals surface area (Å²) in [5, 5.41) is 11.4. The first kappa shape index (κ1) is 14.9. The Bertz CT molecular complexity index is 401. The van der Waals surface area contributed by atoms with Gasteiger partial charge < -0.3 is 10.4 Å². The van der Waals surface area contributed by atoms with Crippen LogP contribution >= 0.6 is 11.8 Å². The van der Waals surface area contributed by atoms with Gasteiger partial charge in [-0.15, -0.1) is 0 Å². The lowest BCUT2D eigenvalue weighted by molar-refractivity contribution is 0.0939. The van der Waals surface area contributed by atoms with Crippen LogP contribution in [0.4, 0.5) is 8.78 Å². The van der Waals surface area contributed by atoms with Crippen LogP contribution in [0.2, 0.25) is 0 Å². The van der Waals surface area contributed by atoms with Crippen LogP contribution in [0.5, 0.6) is 0 Å². The summed E-state index contributed by atoms with van der Waals surface area (Å²) in [6, 6.07) is 6.22. The van der Waals surface area contributed by atoms with E-state index in [0.29, 0.717) is 18.3 Å². The van der Waals surface area contributed by atoms with Crippen LogP contribution in [0.25, 0.3) is 0 Å². The molecule has 1 unspecified atom stereocenters. The molecule has 0 saturated carbocycles. The number of hydrogen-bond donors (Lipinski definition) is 2. The van der Waals surface area contributed by atoms with Crippen molar-refractivity contribution in [3.05, 3.63) is 29.8 Å². The van der Waals surface area contributed by atoms with Crippen LogP contribution in [0.15, 0.2) is 29.2 Å². The van der Waals surface area contributed by atoms with Gasteiger partial charge in [0.05, 0.1) is 5.56 Å². The van der Waals surface area contributed by atoms with E-state index in [0.717, 1.165) is 0 Å². The smallest absolute Gasteiger partial charge is 0.288 e. The molecule has 0 heterocycles. The lowest BCUT2D eigenvalue weighted by Crippen LogP contribution is -2.29. The maximum atomic E-state index is 12.3. The van der Waals surface area contributed by atoms with Gasteiger partial charge in [-0.2, -0.15) is 8.78 Å². The minimum atomic E-state index is -2.56. The summed E-state index contributed by atoms with van der Waals surface area (Å²) in [5.41, 5.74) is 0.230. The number of halogens is 2. The van der Waals surface area contributed by atoms with Gasteiger partial charge in [-0.05, 0) is 18.1 Å². The number of aliphatic hydroxyl groups excluding tert-OH is 1. The van der Waals surface area contributed by atoms with Crippen LogP contribution in [0.1, 0.15) is 17.3 Å². The van der Waals surface area contributed by atoms with E-state index in [1.54, 1.807) is 19.1 Å². The fraction of sp³-hybridized carbons (Fsp3) is 0.417. The molecular weight excluding hydrogens is 260 g/mol. The number of carbonyl (C=O) groups is 1. The molecule has 0 saturated heterocycles. The zero-order chi connectivity index (χ0) is 13.5. The standard InChI is InChI=1S/C12H15F2NO2S/c1-8(7-16)6-15-11(17)9-4-2-3-5-10(9)18-12(13)14/h2-5,8,12,16H,6-7H2,1H3,(H,15,17). The molecule has 0 radical (unpaired) electrons. The summed E-state index contributed by atoms with van der Waals surface area (Å²) < 4.78 is 24.7. The lowest BCUT2D eigenvalue weighted by atomic mass is 10.1. The van der Waals surface area contributed by atoms with Crippen LogP contribution in [-0.2, 0) is 0 Å². The molecule has 1 amide bonds. The second kappa shape index (κ2) is 7.33. The molecule has 0 aliphatic carbocycles. The van der Waals surface area contributed by atoms with Crippen molar-refractivity contribution < 1.29 is 18.7 Å². The van der Waals surface area contributed by atoms with E-state index in [9.17, 15) is 13.6 Å². The molecule has 100 valence electrons. The second-order valence-electron chi connectivity index (χ2n) is 3.87. The predicted octanol–water partition coefficient (Wildman–Crippen LogP) is 2.36. The summed E-state index contributed by atoms with van der Waals surface area (Å²) in [4.78, 5) is 12.1. The van der Waals surface area contributed by atoms with E-state index in [1.807, 2.05) is 0 Å². The Morgan fingerprint density at radius 3 is 2.72 bits per heavy atom. The molecule has 6 heteroatoms. The van der Waals surface area contributed by atoms with Gasteiger partial charge >= 0.3 is 0 Å². The molecule has 3 nitrogen and oxygen atoms in total. The number of benzene rings is 1. The fourth-order valence-corrected chi connectivity index (χ4v) is 1.92. The number of nitrogens with one attached hydrogen (secondary N) is 1. The molecule has 0 spiro atoms. The quantitative estimate of drug-likeness (QED) is 0.784. The van der Waals surface area contributed by atoms with Gasteiger partial charge in [-0.25, -0.2) is 0 Å². The van der Waals surface area contributed by atoms with Crippen molar-refractivity contribution in [2.24, 2.45) is 5.92 Å². The number of amides is 1. The topological polar surface area (TPSA) is 49.3 Å². The van der Waals surface area contributed by atoms with E-state index in [4.69, 9.17) is 5.11 Å². The Morgan fingerprint density at radius 2 is 2.11 bits per heavy atom. The van der Waals surface area contributed by atoms with E-state index >= 15 is 0 Å². The predicted molar refractivity (Wildman–Crippen MR) is 66.9 cm³/mol. The average molecular weight is 275 g/mol. The van der Waals surface area contributed by atoms with E-state index < -0.39 is 11.7 Å². The highest BCUT2D eigenvalue weighted by Crippen LogP contribution is 2.28. The van der Waals surface area contributed by atoms with Gasteiger partial charge in [-0.3, -0.25) is 4.79 Å². The minimum absolute atomic E-state index is 0.0340. The molecule has 0 aliphatic rings. The molecule has 2 N–H and O–H groups in total. The summed E-state index contributed by atoms with van der Waals surface area (Å²) in [5.74, 6) is -3.03. The molecule has 0 aromatic heterocycles. The largest absolute Gasteiger partial charge is 0.396 e. The van der Waals surface area contributed by atoms with Crippen LogP contribution in [0, 0.1) is 5.92 Å². The van der Waals surface area contributed by atoms with Crippen LogP contribution < -0.4 is 5.32 Å². The number of hydrogen-bond acceptors (Lipinski definition) is 3. The van der Waals surface area contributed by atoms with Gasteiger partial charge in [0, 0.05) is 18.0 Å². The van der Waals surface area contributed by atoms with Gasteiger partial charge in [0.25, 0.3) is 11.7 Å². The molecule has 0 bridgehead atoms. The van der Waals surface area contributed by atoms with Gasteiger partial charge in [-0.1, -0.05) is 30.8 Å². The third-order valence-corrected chi connectivity index (χ3v) is 3.06. The molecule has 0 aliphatic heterocycles. The van der Waals surface area contributed by atoms with Crippen molar-refractivity contribution in [2.75, 3.05) is 13.2 Å². The summed E-state index contributed by atoms with van der Waals surface area (Å²) in [7, 11) is 0. The van der Waals surface area contributed by atoms with Gasteiger partial charge in [0.15, 0.2) is 0 Å². The van der Waals surface area contributed by atoms with Crippen molar-refractivity contribution in [2.45, 2.75) is 17.6 Å². The van der Waals surface area contributed by atoms with Gasteiger partial charge in [0.1, 0.15) is 0 Å². The Kier molecular flexibility index (Phi) is 6.07. The number of rotatable bonds is 6. The zero-order valence-electron chi connectivity index (χ0n) is 9.90. The molecule has 18 heavy (non-hydrogen) atoms. The monoisotopic (exact) mass is 275 g/mol. The minimum Gasteiger partial charge on any atom is -0.396 e. The maximum absolute atomic E-state index is 12.3. The van der Waals surface area contributed by atoms with Crippen LogP contribution in [-0.4, -0.2) is 29.9 Å². The normalized spacial score (nSPS) is 12.5. The van der Waals surface area contributed by atoms with Crippen molar-refractivity contribution in [1.29, 1.82) is 0 Å². The van der Waals surface area contributed by atoms with E-state index in [1.165, 1.54) is 12.1 Å². The highest BCUT2D eigenvalue weighted by Gasteiger charge is 2.15. The molecule has 1 rings (SSSR count). The lowest BCUT2D eigenvalue weighted by Gasteiger charge is -2.12. The van der Waals surface area contributed by atoms with E-state index in [-0.39, 0.29) is 23.0 Å². The molecular formula is C12H15F2NO2S. The van der Waals surface area contributed by atoms with Crippen molar-refractivity contribution in [3.8, 4) is 0 Å². The summed E-state index contributed by atoms with van der Waals surface area (Å²) >= 11 is 0.350. The van der Waals surface area contributed by atoms with Crippen LogP contribution in [0.3, 0.4) is 0 Å². The molecule has 1 atom stereocenters. The van der Waals surface area contributed by atoms with Crippen molar-refractivity contribution in [1.82, 2.24) is 5.32 Å².